The maximum absolute atomic E-state index is 9.53. The van der Waals surface area contributed by atoms with Gasteiger partial charge in [-0.05, 0) is 24.4 Å². The molecule has 0 fully saturated rings. The van der Waals surface area contributed by atoms with E-state index in [0.29, 0.717) is 16.0 Å². The van der Waals surface area contributed by atoms with Gasteiger partial charge in [0.05, 0.1) is 5.69 Å². The number of aromatic amines is 2. The van der Waals surface area contributed by atoms with Gasteiger partial charge in [0.2, 0.25) is 0 Å². The van der Waals surface area contributed by atoms with Crippen LogP contribution in [0.25, 0.3) is 11.3 Å². The van der Waals surface area contributed by atoms with Crippen LogP contribution in [-0.2, 0) is 0 Å². The molecule has 2 aromatic rings. The number of hydrogen-bond donors (Lipinski definition) is 4. The zero-order valence-electron chi connectivity index (χ0n) is 7.11. The molecule has 0 aliphatic carbocycles. The Labute approximate surface area is 84.9 Å². The number of phenolic OH excluding ortho intramolecular Hbond substituents is 2. The molecule has 0 saturated carbocycles. The predicted octanol–water partition coefficient (Wildman–Crippen LogP) is 2.15. The quantitative estimate of drug-likeness (QED) is 0.542. The van der Waals surface area contributed by atoms with Gasteiger partial charge >= 0.3 is 0 Å². The monoisotopic (exact) mass is 208 g/mol. The van der Waals surface area contributed by atoms with Gasteiger partial charge in [0, 0.05) is 17.8 Å². The Kier molecular flexibility index (Phi) is 2.01. The van der Waals surface area contributed by atoms with Crippen molar-refractivity contribution in [1.82, 2.24) is 9.97 Å². The maximum Gasteiger partial charge on any atom is 0.174 e. The number of aromatic hydroxyl groups is 2. The second-order valence-electron chi connectivity index (χ2n) is 2.86. The van der Waals surface area contributed by atoms with Crippen LogP contribution in [0.1, 0.15) is 0 Å². The fourth-order valence-electron chi connectivity index (χ4n) is 1.23. The smallest absolute Gasteiger partial charge is 0.174 e. The summed E-state index contributed by atoms with van der Waals surface area (Å²) in [5.41, 5.74) is 1.28. The third-order valence-electron chi connectivity index (χ3n) is 1.87. The van der Waals surface area contributed by atoms with Gasteiger partial charge in [0.15, 0.2) is 4.77 Å². The standard InChI is InChI=1S/C9H8N2O2S/c12-5-1-2-6(8(13)3-5)7-4-10-9(14)11-7/h1-4,12-13H,(H2,10,11,14). The molecule has 4 N–H and O–H groups in total. The molecule has 0 saturated heterocycles. The highest BCUT2D eigenvalue weighted by Gasteiger charge is 2.05. The highest BCUT2D eigenvalue weighted by atomic mass is 32.1. The number of H-pyrrole nitrogens is 2. The molecule has 72 valence electrons. The fraction of sp³-hybridized carbons (Fsp3) is 0. The van der Waals surface area contributed by atoms with E-state index in [1.54, 1.807) is 12.3 Å². The molecule has 0 unspecified atom stereocenters. The van der Waals surface area contributed by atoms with E-state index in [4.69, 9.17) is 17.3 Å². The van der Waals surface area contributed by atoms with Crippen LogP contribution in [0.3, 0.4) is 0 Å². The molecule has 0 spiro atoms. The normalized spacial score (nSPS) is 10.3. The van der Waals surface area contributed by atoms with Crippen molar-refractivity contribution in [3.8, 4) is 22.8 Å². The second kappa shape index (κ2) is 3.19. The SMILES string of the molecule is Oc1ccc(-c2c[nH]c(=S)[nH]2)c(O)c1. The number of hydrogen-bond acceptors (Lipinski definition) is 3. The van der Waals surface area contributed by atoms with Crippen molar-refractivity contribution < 1.29 is 10.2 Å². The average Bonchev–Trinajstić information content (AvgIpc) is 2.51. The number of nitrogens with one attached hydrogen (secondary N) is 2. The van der Waals surface area contributed by atoms with E-state index in [1.807, 2.05) is 0 Å². The molecular weight excluding hydrogens is 200 g/mol. The molecule has 14 heavy (non-hydrogen) atoms. The van der Waals surface area contributed by atoms with Crippen LogP contribution in [0.4, 0.5) is 0 Å². The van der Waals surface area contributed by atoms with Gasteiger partial charge < -0.3 is 20.2 Å². The Morgan fingerprint density at radius 2 is 2.00 bits per heavy atom. The van der Waals surface area contributed by atoms with E-state index in [1.165, 1.54) is 12.1 Å². The van der Waals surface area contributed by atoms with Crippen LogP contribution in [0.5, 0.6) is 11.5 Å². The number of rotatable bonds is 1. The first kappa shape index (κ1) is 8.83. The molecule has 0 aliphatic heterocycles. The first-order chi connectivity index (χ1) is 6.66. The third-order valence-corrected chi connectivity index (χ3v) is 2.09. The van der Waals surface area contributed by atoms with Crippen LogP contribution in [0.2, 0.25) is 0 Å². The van der Waals surface area contributed by atoms with Crippen LogP contribution >= 0.6 is 12.2 Å². The van der Waals surface area contributed by atoms with Gasteiger partial charge in [0.1, 0.15) is 11.5 Å². The van der Waals surface area contributed by atoms with E-state index in [0.717, 1.165) is 0 Å². The van der Waals surface area contributed by atoms with E-state index in [9.17, 15) is 5.11 Å². The minimum Gasteiger partial charge on any atom is -0.508 e. The molecule has 1 aromatic heterocycles. The highest BCUT2D eigenvalue weighted by molar-refractivity contribution is 7.71. The lowest BCUT2D eigenvalue weighted by molar-refractivity contribution is 0.452. The average molecular weight is 208 g/mol. The van der Waals surface area contributed by atoms with Crippen molar-refractivity contribution in [2.45, 2.75) is 0 Å². The molecule has 2 rings (SSSR count). The Morgan fingerprint density at radius 3 is 2.57 bits per heavy atom. The van der Waals surface area contributed by atoms with Crippen molar-refractivity contribution in [1.29, 1.82) is 0 Å². The van der Waals surface area contributed by atoms with Crippen molar-refractivity contribution >= 4 is 12.2 Å². The third kappa shape index (κ3) is 1.49. The summed E-state index contributed by atoms with van der Waals surface area (Å²) in [4.78, 5) is 5.66. The predicted molar refractivity (Wildman–Crippen MR) is 54.7 cm³/mol. The topological polar surface area (TPSA) is 72.0 Å². The summed E-state index contributed by atoms with van der Waals surface area (Å²) in [6.45, 7) is 0. The van der Waals surface area contributed by atoms with E-state index in [2.05, 4.69) is 9.97 Å². The van der Waals surface area contributed by atoms with Crippen LogP contribution in [0, 0.1) is 4.77 Å². The Hall–Kier alpha value is -1.75. The van der Waals surface area contributed by atoms with Gasteiger partial charge in [-0.1, -0.05) is 0 Å². The van der Waals surface area contributed by atoms with Crippen molar-refractivity contribution in [2.75, 3.05) is 0 Å². The van der Waals surface area contributed by atoms with Crippen molar-refractivity contribution in [3.05, 3.63) is 29.2 Å². The second-order valence-corrected chi connectivity index (χ2v) is 3.27. The number of imidazole rings is 1. The summed E-state index contributed by atoms with van der Waals surface area (Å²) in [5, 5.41) is 18.6. The number of benzene rings is 1. The van der Waals surface area contributed by atoms with Crippen LogP contribution < -0.4 is 0 Å². The molecule has 0 aliphatic rings. The zero-order valence-corrected chi connectivity index (χ0v) is 7.93. The molecule has 4 nitrogen and oxygen atoms in total. The zero-order chi connectivity index (χ0) is 10.1. The van der Waals surface area contributed by atoms with E-state index >= 15 is 0 Å². The first-order valence-corrected chi connectivity index (χ1v) is 4.37. The molecule has 0 atom stereocenters. The summed E-state index contributed by atoms with van der Waals surface area (Å²) in [6.07, 6.45) is 1.66. The lowest BCUT2D eigenvalue weighted by Crippen LogP contribution is -1.78. The lowest BCUT2D eigenvalue weighted by atomic mass is 10.1. The summed E-state index contributed by atoms with van der Waals surface area (Å²) in [7, 11) is 0. The van der Waals surface area contributed by atoms with Crippen molar-refractivity contribution in [3.63, 3.8) is 0 Å². The number of aromatic nitrogens is 2. The molecule has 0 bridgehead atoms. The minimum absolute atomic E-state index is 0.00949. The molecule has 1 heterocycles. The Balaban J connectivity index is 2.57. The number of phenols is 2. The Bertz CT molecular complexity index is 516. The molecule has 1 aromatic carbocycles. The summed E-state index contributed by atoms with van der Waals surface area (Å²) in [6, 6.07) is 4.39. The highest BCUT2D eigenvalue weighted by Crippen LogP contribution is 2.30. The molecule has 0 amide bonds. The lowest BCUT2D eigenvalue weighted by Gasteiger charge is -2.01. The first-order valence-electron chi connectivity index (χ1n) is 3.97. The van der Waals surface area contributed by atoms with Gasteiger partial charge in [-0.3, -0.25) is 0 Å². The molecule has 0 radical (unpaired) electrons. The summed E-state index contributed by atoms with van der Waals surface area (Å²) >= 11 is 4.86. The molecular formula is C9H8N2O2S. The van der Waals surface area contributed by atoms with Gasteiger partial charge in [-0.2, -0.15) is 0 Å². The van der Waals surface area contributed by atoms with Gasteiger partial charge in [0.25, 0.3) is 0 Å². The van der Waals surface area contributed by atoms with Gasteiger partial charge in [-0.15, -0.1) is 0 Å². The largest absolute Gasteiger partial charge is 0.508 e. The summed E-state index contributed by atoms with van der Waals surface area (Å²) < 4.78 is 0.493. The molecule has 5 heteroatoms. The van der Waals surface area contributed by atoms with Crippen LogP contribution in [0.15, 0.2) is 24.4 Å². The van der Waals surface area contributed by atoms with E-state index in [-0.39, 0.29) is 11.5 Å². The van der Waals surface area contributed by atoms with E-state index < -0.39 is 0 Å². The Morgan fingerprint density at radius 1 is 1.21 bits per heavy atom. The fourth-order valence-corrected chi connectivity index (χ4v) is 1.39. The minimum atomic E-state index is 0.00949. The van der Waals surface area contributed by atoms with Gasteiger partial charge in [-0.25, -0.2) is 0 Å². The summed E-state index contributed by atoms with van der Waals surface area (Å²) in [5.74, 6) is 0.0376. The van der Waals surface area contributed by atoms with Crippen molar-refractivity contribution in [2.24, 2.45) is 0 Å². The van der Waals surface area contributed by atoms with Crippen LogP contribution in [-0.4, -0.2) is 20.2 Å². The maximum atomic E-state index is 9.53.